The number of phenolic OH excluding ortho intramolecular Hbond substituents is 1. The average molecular weight is 327 g/mol. The Morgan fingerprint density at radius 3 is 2.45 bits per heavy atom. The zero-order chi connectivity index (χ0) is 15.3. The molecule has 0 saturated carbocycles. The van der Waals surface area contributed by atoms with E-state index in [4.69, 9.17) is 11.2 Å². The van der Waals surface area contributed by atoms with Crippen molar-refractivity contribution in [2.75, 3.05) is 0 Å². The molecule has 0 aliphatic rings. The van der Waals surface area contributed by atoms with Crippen LogP contribution < -0.4 is 4.16 Å². The Bertz CT molecular complexity index is 1010. The van der Waals surface area contributed by atoms with Crippen LogP contribution in [-0.4, -0.2) is 5.11 Å². The number of hydrogen-bond acceptors (Lipinski definition) is 1. The molecule has 4 aromatic rings. The highest BCUT2D eigenvalue weighted by Gasteiger charge is 2.20. The van der Waals surface area contributed by atoms with E-state index in [0.717, 1.165) is 21.6 Å². The molecule has 1 unspecified atom stereocenters. The summed E-state index contributed by atoms with van der Waals surface area (Å²) in [6, 6.07) is 18.1. The number of rotatable bonds is 1. The third kappa shape index (κ3) is 2.08. The smallest absolute Gasteiger partial charge is 0.246 e. The molecule has 1 atom stereocenters. The largest absolute Gasteiger partial charge is 0.508 e. The van der Waals surface area contributed by atoms with Crippen molar-refractivity contribution in [2.24, 2.45) is 0 Å². The molecule has 0 aliphatic heterocycles. The second kappa shape index (κ2) is 5.01. The van der Waals surface area contributed by atoms with Crippen LogP contribution in [0.5, 0.6) is 5.75 Å². The zero-order valence-electron chi connectivity index (χ0n) is 12.0. The molecule has 0 amide bonds. The van der Waals surface area contributed by atoms with Gasteiger partial charge in [-0.25, -0.2) is 0 Å². The normalized spacial score (nSPS) is 12.2. The van der Waals surface area contributed by atoms with E-state index >= 15 is 0 Å². The molecule has 0 fully saturated rings. The average Bonchev–Trinajstić information content (AvgIpc) is 2.80. The van der Waals surface area contributed by atoms with E-state index in [2.05, 4.69) is 53.7 Å². The van der Waals surface area contributed by atoms with Crippen LogP contribution in [0.1, 0.15) is 5.56 Å². The molecule has 22 heavy (non-hydrogen) atoms. The number of aromatic nitrogens is 1. The van der Waals surface area contributed by atoms with Gasteiger partial charge in [0.05, 0.1) is 10.5 Å². The summed E-state index contributed by atoms with van der Waals surface area (Å²) in [6.45, 7) is 2.09. The van der Waals surface area contributed by atoms with Crippen molar-refractivity contribution >= 4 is 34.3 Å². The minimum atomic E-state index is -0.997. The molecule has 0 spiro atoms. The van der Waals surface area contributed by atoms with Gasteiger partial charge in [-0.2, -0.15) is 0 Å². The zero-order valence-corrected chi connectivity index (χ0v) is 13.6. The lowest BCUT2D eigenvalue weighted by Gasteiger charge is -1.99. The first kappa shape index (κ1) is 13.6. The quantitative estimate of drug-likeness (QED) is 0.507. The second-order valence-electron chi connectivity index (χ2n) is 5.48. The van der Waals surface area contributed by atoms with E-state index in [-0.39, 0.29) is 5.75 Å². The summed E-state index contributed by atoms with van der Waals surface area (Å²) in [4.78, 5) is 0. The van der Waals surface area contributed by atoms with Crippen molar-refractivity contribution in [1.29, 1.82) is 0 Å². The summed E-state index contributed by atoms with van der Waals surface area (Å²) in [6.07, 6.45) is 2.11. The lowest BCUT2D eigenvalue weighted by atomic mass is 10.1. The molecule has 0 aliphatic carbocycles. The SMILES string of the molecule is Cc1ccc(-c2ccc3c4ccc(O)cc4p(Cl)[n+]3c2)cc1. The molecule has 4 rings (SSSR count). The maximum Gasteiger partial charge on any atom is 0.246 e. The van der Waals surface area contributed by atoms with E-state index in [0.29, 0.717) is 0 Å². The number of phenols is 1. The number of benzene rings is 2. The van der Waals surface area contributed by atoms with Crippen LogP contribution in [0.15, 0.2) is 60.8 Å². The maximum atomic E-state index is 9.69. The van der Waals surface area contributed by atoms with Crippen molar-refractivity contribution in [2.45, 2.75) is 6.92 Å². The van der Waals surface area contributed by atoms with Gasteiger partial charge in [0.15, 0.2) is 6.20 Å². The lowest BCUT2D eigenvalue weighted by Crippen LogP contribution is -2.14. The number of hydrogen-bond donors (Lipinski definition) is 1. The predicted octanol–water partition coefficient (Wildman–Crippen LogP) is 5.25. The Balaban J connectivity index is 1.99. The third-order valence-electron chi connectivity index (χ3n) is 3.96. The van der Waals surface area contributed by atoms with Crippen molar-refractivity contribution in [3.8, 4) is 16.9 Å². The van der Waals surface area contributed by atoms with Crippen LogP contribution in [0, 0.1) is 6.92 Å². The minimum absolute atomic E-state index is 0.263. The van der Waals surface area contributed by atoms with Crippen molar-refractivity contribution in [1.82, 2.24) is 0 Å². The minimum Gasteiger partial charge on any atom is -0.508 e. The Morgan fingerprint density at radius 2 is 1.68 bits per heavy atom. The van der Waals surface area contributed by atoms with Gasteiger partial charge in [-0.1, -0.05) is 29.8 Å². The fraction of sp³-hybridized carbons (Fsp3) is 0.0556. The number of pyridine rings is 1. The molecule has 2 aromatic heterocycles. The standard InChI is InChI=1S/C18H13ClNOP/c1-12-2-4-13(5-3-12)14-6-9-17-16-8-7-15(21)10-18(16)22(19)20(17)11-14/h2-11H,1H3/p+1. The van der Waals surface area contributed by atoms with Crippen LogP contribution in [-0.2, 0) is 0 Å². The van der Waals surface area contributed by atoms with Gasteiger partial charge in [-0.05, 0) is 36.8 Å². The van der Waals surface area contributed by atoms with E-state index in [9.17, 15) is 5.11 Å². The summed E-state index contributed by atoms with van der Waals surface area (Å²) < 4.78 is 2.12. The summed E-state index contributed by atoms with van der Waals surface area (Å²) >= 11 is 6.65. The van der Waals surface area contributed by atoms with E-state index in [1.807, 2.05) is 6.07 Å². The Labute approximate surface area is 134 Å². The molecule has 0 radical (unpaired) electrons. The van der Waals surface area contributed by atoms with Gasteiger partial charge in [-0.15, -0.1) is 4.16 Å². The lowest BCUT2D eigenvalue weighted by molar-refractivity contribution is -0.429. The van der Waals surface area contributed by atoms with Gasteiger partial charge in [0.25, 0.3) is 0 Å². The molecule has 0 bridgehead atoms. The number of halogens is 1. The van der Waals surface area contributed by atoms with Gasteiger partial charge < -0.3 is 5.11 Å². The van der Waals surface area contributed by atoms with Gasteiger partial charge in [-0.3, -0.25) is 0 Å². The van der Waals surface area contributed by atoms with Crippen molar-refractivity contribution in [3.63, 3.8) is 0 Å². The van der Waals surface area contributed by atoms with Crippen LogP contribution in [0.25, 0.3) is 27.1 Å². The maximum absolute atomic E-state index is 9.69. The summed E-state index contributed by atoms with van der Waals surface area (Å²) in [5.74, 6) is 0.263. The molecule has 4 heteroatoms. The molecule has 2 aromatic carbocycles. The van der Waals surface area contributed by atoms with E-state index in [1.165, 1.54) is 11.1 Å². The van der Waals surface area contributed by atoms with Crippen LogP contribution in [0.3, 0.4) is 0 Å². The number of fused-ring (bicyclic) bond motifs is 3. The summed E-state index contributed by atoms with van der Waals surface area (Å²) in [5.41, 5.74) is 4.68. The Kier molecular flexibility index (Phi) is 3.11. The summed E-state index contributed by atoms with van der Waals surface area (Å²) in [5, 5.41) is 11.8. The molecule has 0 saturated heterocycles. The highest BCUT2D eigenvalue weighted by molar-refractivity contribution is 7.76. The first-order chi connectivity index (χ1) is 10.6. The topological polar surface area (TPSA) is 24.3 Å². The van der Waals surface area contributed by atoms with Crippen molar-refractivity contribution in [3.05, 3.63) is 66.4 Å². The number of aromatic hydroxyl groups is 1. The van der Waals surface area contributed by atoms with Crippen LogP contribution >= 0.6 is 18.3 Å². The number of nitrogens with zero attached hydrogens (tertiary/aromatic N) is 1. The predicted molar refractivity (Wildman–Crippen MR) is 92.9 cm³/mol. The third-order valence-corrected chi connectivity index (χ3v) is 6.47. The highest BCUT2D eigenvalue weighted by Crippen LogP contribution is 2.42. The van der Waals surface area contributed by atoms with Gasteiger partial charge in [0.2, 0.25) is 12.6 Å². The Morgan fingerprint density at radius 1 is 0.955 bits per heavy atom. The first-order valence-corrected chi connectivity index (χ1v) is 9.26. The molecule has 108 valence electrons. The van der Waals surface area contributed by atoms with Crippen LogP contribution in [0.2, 0.25) is 0 Å². The van der Waals surface area contributed by atoms with Gasteiger partial charge >= 0.3 is 0 Å². The summed E-state index contributed by atoms with van der Waals surface area (Å²) in [7, 11) is -0.997. The Hall–Kier alpha value is -2.02. The fourth-order valence-corrected chi connectivity index (χ4v) is 5.01. The van der Waals surface area contributed by atoms with E-state index in [1.54, 1.807) is 12.1 Å². The molecular formula is C18H14ClNOP+. The number of aryl methyl sites for hydroxylation is 1. The first-order valence-electron chi connectivity index (χ1n) is 7.06. The molecule has 1 N–H and O–H groups in total. The van der Waals surface area contributed by atoms with Crippen molar-refractivity contribution < 1.29 is 9.27 Å². The molecule has 2 nitrogen and oxygen atoms in total. The fourth-order valence-electron chi connectivity index (χ4n) is 2.77. The molecular weight excluding hydrogens is 313 g/mol. The second-order valence-corrected chi connectivity index (χ2v) is 7.87. The van der Waals surface area contributed by atoms with Gasteiger partial charge in [0, 0.05) is 22.9 Å². The molecule has 2 heterocycles. The highest BCUT2D eigenvalue weighted by atomic mass is 35.7. The van der Waals surface area contributed by atoms with E-state index < -0.39 is 7.04 Å². The van der Waals surface area contributed by atoms with Gasteiger partial charge in [0.1, 0.15) is 5.75 Å². The van der Waals surface area contributed by atoms with Crippen LogP contribution in [0.4, 0.5) is 0 Å². The monoisotopic (exact) mass is 326 g/mol.